The van der Waals surface area contributed by atoms with Gasteiger partial charge in [0, 0.05) is 6.61 Å². The molecule has 1 saturated heterocycles. The number of hydrogen-bond acceptors (Lipinski definition) is 4. The molecule has 0 spiro atoms. The summed E-state index contributed by atoms with van der Waals surface area (Å²) in [5.41, 5.74) is 0.602. The van der Waals surface area contributed by atoms with Gasteiger partial charge >= 0.3 is 0 Å². The first-order valence-electron chi connectivity index (χ1n) is 4.98. The maximum absolute atomic E-state index is 9.28. The van der Waals surface area contributed by atoms with Gasteiger partial charge in [-0.25, -0.2) is 4.98 Å². The van der Waals surface area contributed by atoms with Crippen LogP contribution in [0.25, 0.3) is 0 Å². The topological polar surface area (TPSA) is 55.5 Å². The molecule has 2 unspecified atom stereocenters. The zero-order chi connectivity index (χ0) is 9.97. The Morgan fingerprint density at radius 1 is 1.64 bits per heavy atom. The summed E-state index contributed by atoms with van der Waals surface area (Å²) < 4.78 is 10.7. The highest BCUT2D eigenvalue weighted by Crippen LogP contribution is 2.25. The summed E-state index contributed by atoms with van der Waals surface area (Å²) in [7, 11) is 0. The number of aliphatic hydroxyl groups is 1. The van der Waals surface area contributed by atoms with E-state index in [0.717, 1.165) is 19.4 Å². The van der Waals surface area contributed by atoms with E-state index >= 15 is 0 Å². The summed E-state index contributed by atoms with van der Waals surface area (Å²) in [6.07, 6.45) is 3.07. The Morgan fingerprint density at radius 2 is 2.50 bits per heavy atom. The fraction of sp³-hybridized carbons (Fsp3) is 0.700. The van der Waals surface area contributed by atoms with Gasteiger partial charge in [-0.05, 0) is 19.8 Å². The van der Waals surface area contributed by atoms with E-state index in [2.05, 4.69) is 4.98 Å². The van der Waals surface area contributed by atoms with E-state index in [1.807, 2.05) is 0 Å². The van der Waals surface area contributed by atoms with Crippen LogP contribution in [-0.2, 0) is 4.74 Å². The SMILES string of the molecule is CC(O)c1coc(C2CCCOC2)n1. The smallest absolute Gasteiger partial charge is 0.199 e. The van der Waals surface area contributed by atoms with E-state index in [4.69, 9.17) is 9.15 Å². The van der Waals surface area contributed by atoms with E-state index in [-0.39, 0.29) is 5.92 Å². The van der Waals surface area contributed by atoms with Crippen LogP contribution in [0.3, 0.4) is 0 Å². The lowest BCUT2D eigenvalue weighted by Gasteiger charge is -2.18. The molecule has 0 amide bonds. The molecule has 2 atom stereocenters. The second-order valence-electron chi connectivity index (χ2n) is 3.70. The van der Waals surface area contributed by atoms with Crippen molar-refractivity contribution in [1.29, 1.82) is 0 Å². The number of ether oxygens (including phenoxy) is 1. The minimum Gasteiger partial charge on any atom is -0.448 e. The van der Waals surface area contributed by atoms with Gasteiger partial charge in [-0.2, -0.15) is 0 Å². The zero-order valence-electron chi connectivity index (χ0n) is 8.27. The van der Waals surface area contributed by atoms with Crippen molar-refractivity contribution in [3.63, 3.8) is 0 Å². The van der Waals surface area contributed by atoms with Crippen LogP contribution >= 0.6 is 0 Å². The molecule has 4 nitrogen and oxygen atoms in total. The maximum atomic E-state index is 9.28. The lowest BCUT2D eigenvalue weighted by molar-refractivity contribution is 0.0725. The number of aliphatic hydroxyl groups excluding tert-OH is 1. The molecule has 2 heterocycles. The number of aromatic nitrogens is 1. The van der Waals surface area contributed by atoms with Crippen LogP contribution in [0, 0.1) is 0 Å². The Labute approximate surface area is 82.9 Å². The molecule has 1 aromatic heterocycles. The lowest BCUT2D eigenvalue weighted by atomic mass is 10.0. The Bertz CT molecular complexity index is 289. The number of oxazole rings is 1. The summed E-state index contributed by atoms with van der Waals surface area (Å²) in [6.45, 7) is 3.19. The molecule has 1 aliphatic heterocycles. The van der Waals surface area contributed by atoms with Gasteiger partial charge in [0.25, 0.3) is 0 Å². The average molecular weight is 197 g/mol. The molecule has 4 heteroatoms. The van der Waals surface area contributed by atoms with Gasteiger partial charge in [-0.1, -0.05) is 0 Å². The summed E-state index contributed by atoms with van der Waals surface area (Å²) >= 11 is 0. The molecule has 0 radical (unpaired) electrons. The van der Waals surface area contributed by atoms with Crippen molar-refractivity contribution in [3.05, 3.63) is 17.8 Å². The molecule has 1 N–H and O–H groups in total. The van der Waals surface area contributed by atoms with Crippen molar-refractivity contribution in [2.24, 2.45) is 0 Å². The third kappa shape index (κ3) is 1.96. The fourth-order valence-corrected chi connectivity index (χ4v) is 1.62. The molecule has 1 fully saturated rings. The van der Waals surface area contributed by atoms with Crippen LogP contribution < -0.4 is 0 Å². The molecule has 14 heavy (non-hydrogen) atoms. The lowest BCUT2D eigenvalue weighted by Crippen LogP contribution is -2.15. The third-order valence-electron chi connectivity index (χ3n) is 2.48. The van der Waals surface area contributed by atoms with Gasteiger partial charge in [0.05, 0.1) is 18.6 Å². The minimum absolute atomic E-state index is 0.260. The van der Waals surface area contributed by atoms with Gasteiger partial charge in [0.1, 0.15) is 12.0 Å². The highest BCUT2D eigenvalue weighted by Gasteiger charge is 2.21. The predicted octanol–water partition coefficient (Wildman–Crippen LogP) is 1.62. The maximum Gasteiger partial charge on any atom is 0.199 e. The van der Waals surface area contributed by atoms with Gasteiger partial charge in [-0.15, -0.1) is 0 Å². The zero-order valence-corrected chi connectivity index (χ0v) is 8.27. The number of rotatable bonds is 2. The molecule has 1 aliphatic rings. The van der Waals surface area contributed by atoms with Gasteiger partial charge < -0.3 is 14.3 Å². The standard InChI is InChI=1S/C10H15NO3/c1-7(12)9-6-14-10(11-9)8-3-2-4-13-5-8/h6-8,12H,2-5H2,1H3. The summed E-state index contributed by atoms with van der Waals surface area (Å²) in [4.78, 5) is 4.24. The Balaban J connectivity index is 2.07. The largest absolute Gasteiger partial charge is 0.448 e. The van der Waals surface area contributed by atoms with Crippen LogP contribution in [0.5, 0.6) is 0 Å². The van der Waals surface area contributed by atoms with Crippen molar-refractivity contribution < 1.29 is 14.3 Å². The molecule has 0 bridgehead atoms. The van der Waals surface area contributed by atoms with Gasteiger partial charge in [-0.3, -0.25) is 0 Å². The highest BCUT2D eigenvalue weighted by molar-refractivity contribution is 5.03. The van der Waals surface area contributed by atoms with Crippen LogP contribution in [0.2, 0.25) is 0 Å². The third-order valence-corrected chi connectivity index (χ3v) is 2.48. The van der Waals surface area contributed by atoms with E-state index in [1.54, 1.807) is 6.92 Å². The molecule has 0 aliphatic carbocycles. The van der Waals surface area contributed by atoms with Crippen LogP contribution in [0.15, 0.2) is 10.7 Å². The van der Waals surface area contributed by atoms with Crippen LogP contribution in [-0.4, -0.2) is 23.3 Å². The summed E-state index contributed by atoms with van der Waals surface area (Å²) in [5.74, 6) is 0.955. The first-order valence-corrected chi connectivity index (χ1v) is 4.98. The highest BCUT2D eigenvalue weighted by atomic mass is 16.5. The molecule has 78 valence electrons. The van der Waals surface area contributed by atoms with Gasteiger partial charge in [0.15, 0.2) is 5.89 Å². The quantitative estimate of drug-likeness (QED) is 0.782. The fourth-order valence-electron chi connectivity index (χ4n) is 1.62. The second-order valence-corrected chi connectivity index (χ2v) is 3.70. The van der Waals surface area contributed by atoms with Crippen LogP contribution in [0.4, 0.5) is 0 Å². The molecule has 0 saturated carbocycles. The Morgan fingerprint density at radius 3 is 3.07 bits per heavy atom. The Hall–Kier alpha value is -0.870. The van der Waals surface area contributed by atoms with Crippen molar-refractivity contribution in [1.82, 2.24) is 4.98 Å². The first kappa shape index (κ1) is 9.68. The van der Waals surface area contributed by atoms with Crippen molar-refractivity contribution in [3.8, 4) is 0 Å². The van der Waals surface area contributed by atoms with Gasteiger partial charge in [0.2, 0.25) is 0 Å². The molecule has 2 rings (SSSR count). The predicted molar refractivity (Wildman–Crippen MR) is 49.9 cm³/mol. The van der Waals surface area contributed by atoms with Crippen LogP contribution in [0.1, 0.15) is 43.4 Å². The van der Waals surface area contributed by atoms with E-state index < -0.39 is 6.10 Å². The van der Waals surface area contributed by atoms with Crippen molar-refractivity contribution in [2.75, 3.05) is 13.2 Å². The van der Waals surface area contributed by atoms with Crippen molar-refractivity contribution in [2.45, 2.75) is 31.8 Å². The molecular formula is C10H15NO3. The molecule has 0 aromatic carbocycles. The molecule has 1 aromatic rings. The van der Waals surface area contributed by atoms with E-state index in [9.17, 15) is 5.11 Å². The molecular weight excluding hydrogens is 182 g/mol. The monoisotopic (exact) mass is 197 g/mol. The minimum atomic E-state index is -0.558. The number of nitrogens with zero attached hydrogens (tertiary/aromatic N) is 1. The second kappa shape index (κ2) is 4.11. The van der Waals surface area contributed by atoms with E-state index in [1.165, 1.54) is 6.26 Å². The summed E-state index contributed by atoms with van der Waals surface area (Å²) in [5, 5.41) is 9.28. The number of hydrogen-bond donors (Lipinski definition) is 1. The normalized spacial score (nSPS) is 24.9. The first-order chi connectivity index (χ1) is 6.77. The Kier molecular flexibility index (Phi) is 2.84. The summed E-state index contributed by atoms with van der Waals surface area (Å²) in [6, 6.07) is 0. The van der Waals surface area contributed by atoms with E-state index in [0.29, 0.717) is 18.2 Å². The average Bonchev–Trinajstić information content (AvgIpc) is 2.68. The van der Waals surface area contributed by atoms with Crippen molar-refractivity contribution >= 4 is 0 Å².